The van der Waals surface area contributed by atoms with E-state index in [1.165, 1.54) is 11.1 Å². The van der Waals surface area contributed by atoms with Crippen molar-refractivity contribution in [2.75, 3.05) is 11.9 Å². The number of nitrogens with one attached hydrogen (secondary N) is 1. The summed E-state index contributed by atoms with van der Waals surface area (Å²) in [5.74, 6) is 0. The molecule has 0 aliphatic carbocycles. The van der Waals surface area contributed by atoms with Crippen LogP contribution in [0.2, 0.25) is 0 Å². The second kappa shape index (κ2) is 4.12. The van der Waals surface area contributed by atoms with Crippen LogP contribution in [-0.4, -0.2) is 11.5 Å². The maximum atomic E-state index is 4.35. The molecule has 0 unspecified atom stereocenters. The molecule has 1 aromatic heterocycles. The van der Waals surface area contributed by atoms with Crippen molar-refractivity contribution in [2.45, 2.75) is 20.8 Å². The van der Waals surface area contributed by atoms with Crippen LogP contribution >= 0.6 is 0 Å². The summed E-state index contributed by atoms with van der Waals surface area (Å²) in [4.78, 5) is 4.35. The summed E-state index contributed by atoms with van der Waals surface area (Å²) in [6.07, 6.45) is 1.83. The van der Waals surface area contributed by atoms with Crippen molar-refractivity contribution in [1.82, 2.24) is 4.98 Å². The fraction of sp³-hybridized carbons (Fsp3) is 0.357. The summed E-state index contributed by atoms with van der Waals surface area (Å²) in [7, 11) is 0. The predicted octanol–water partition coefficient (Wildman–Crippen LogP) is 3.69. The van der Waals surface area contributed by atoms with E-state index in [0.717, 1.165) is 12.1 Å². The van der Waals surface area contributed by atoms with Gasteiger partial charge in [0.05, 0.1) is 5.52 Å². The predicted molar refractivity (Wildman–Crippen MR) is 69.7 cm³/mol. The molecule has 0 atom stereocenters. The van der Waals surface area contributed by atoms with E-state index in [9.17, 15) is 0 Å². The molecule has 0 saturated carbocycles. The van der Waals surface area contributed by atoms with Crippen molar-refractivity contribution in [3.63, 3.8) is 0 Å². The van der Waals surface area contributed by atoms with Crippen LogP contribution in [0.25, 0.3) is 10.9 Å². The molecule has 0 fully saturated rings. The number of hydrogen-bond donors (Lipinski definition) is 1. The largest absolute Gasteiger partial charge is 0.384 e. The minimum absolute atomic E-state index is 0.282. The van der Waals surface area contributed by atoms with Crippen LogP contribution in [0.4, 0.5) is 5.69 Å². The third kappa shape index (κ3) is 2.51. The first-order valence-corrected chi connectivity index (χ1v) is 5.64. The average molecular weight is 214 g/mol. The molecule has 2 heteroatoms. The maximum absolute atomic E-state index is 4.35. The minimum Gasteiger partial charge on any atom is -0.384 e. The standard InChI is InChI=1S/C14H18N2/c1-14(2,3)10-16-13-8-4-7-12-11(13)6-5-9-15-12/h4-9,16H,10H2,1-3H3. The number of benzene rings is 1. The molecule has 1 aromatic carbocycles. The van der Waals surface area contributed by atoms with Gasteiger partial charge in [-0.05, 0) is 29.7 Å². The highest BCUT2D eigenvalue weighted by Crippen LogP contribution is 2.23. The van der Waals surface area contributed by atoms with E-state index in [0.29, 0.717) is 0 Å². The fourth-order valence-corrected chi connectivity index (χ4v) is 1.62. The molecular weight excluding hydrogens is 196 g/mol. The zero-order valence-electron chi connectivity index (χ0n) is 10.1. The van der Waals surface area contributed by atoms with E-state index in [2.05, 4.69) is 43.2 Å². The van der Waals surface area contributed by atoms with E-state index < -0.39 is 0 Å². The van der Waals surface area contributed by atoms with Crippen molar-refractivity contribution in [2.24, 2.45) is 5.41 Å². The van der Waals surface area contributed by atoms with Crippen molar-refractivity contribution in [3.05, 3.63) is 36.5 Å². The van der Waals surface area contributed by atoms with Crippen LogP contribution in [0.1, 0.15) is 20.8 Å². The fourth-order valence-electron chi connectivity index (χ4n) is 1.62. The minimum atomic E-state index is 0.282. The highest BCUT2D eigenvalue weighted by Gasteiger charge is 2.10. The Morgan fingerprint density at radius 3 is 2.69 bits per heavy atom. The topological polar surface area (TPSA) is 24.9 Å². The number of pyridine rings is 1. The Morgan fingerprint density at radius 2 is 1.94 bits per heavy atom. The molecule has 1 heterocycles. The number of rotatable bonds is 2. The summed E-state index contributed by atoms with van der Waals surface area (Å²) in [5.41, 5.74) is 2.49. The molecule has 0 aliphatic rings. The molecule has 0 amide bonds. The second-order valence-corrected chi connectivity index (χ2v) is 5.29. The van der Waals surface area contributed by atoms with Gasteiger partial charge in [-0.1, -0.05) is 26.8 Å². The number of hydrogen-bond acceptors (Lipinski definition) is 2. The monoisotopic (exact) mass is 214 g/mol. The van der Waals surface area contributed by atoms with Crippen LogP contribution in [0.15, 0.2) is 36.5 Å². The lowest BCUT2D eigenvalue weighted by atomic mass is 9.97. The smallest absolute Gasteiger partial charge is 0.0722 e. The van der Waals surface area contributed by atoms with Crippen LogP contribution in [0.3, 0.4) is 0 Å². The van der Waals surface area contributed by atoms with Gasteiger partial charge in [-0.25, -0.2) is 0 Å². The van der Waals surface area contributed by atoms with Crippen LogP contribution in [-0.2, 0) is 0 Å². The summed E-state index contributed by atoms with van der Waals surface area (Å²) in [5, 5.41) is 4.68. The van der Waals surface area contributed by atoms with Crippen molar-refractivity contribution >= 4 is 16.6 Å². The SMILES string of the molecule is CC(C)(C)CNc1cccc2ncccc12. The molecule has 0 bridgehead atoms. The van der Waals surface area contributed by atoms with Gasteiger partial charge in [0.2, 0.25) is 0 Å². The summed E-state index contributed by atoms with van der Waals surface area (Å²) < 4.78 is 0. The van der Waals surface area contributed by atoms with Crippen LogP contribution in [0.5, 0.6) is 0 Å². The van der Waals surface area contributed by atoms with Crippen molar-refractivity contribution in [3.8, 4) is 0 Å². The van der Waals surface area contributed by atoms with E-state index >= 15 is 0 Å². The molecule has 0 radical (unpaired) electrons. The van der Waals surface area contributed by atoms with E-state index in [1.54, 1.807) is 0 Å². The van der Waals surface area contributed by atoms with Gasteiger partial charge in [0.1, 0.15) is 0 Å². The lowest BCUT2D eigenvalue weighted by Gasteiger charge is -2.20. The number of fused-ring (bicyclic) bond motifs is 1. The van der Waals surface area contributed by atoms with Gasteiger partial charge >= 0.3 is 0 Å². The summed E-state index contributed by atoms with van der Waals surface area (Å²) >= 11 is 0. The van der Waals surface area contributed by atoms with Gasteiger partial charge in [0.25, 0.3) is 0 Å². The molecule has 16 heavy (non-hydrogen) atoms. The highest BCUT2D eigenvalue weighted by molar-refractivity contribution is 5.91. The Kier molecular flexibility index (Phi) is 2.82. The third-order valence-corrected chi connectivity index (χ3v) is 2.45. The zero-order valence-corrected chi connectivity index (χ0v) is 10.1. The first-order chi connectivity index (χ1) is 7.56. The Bertz CT molecular complexity index is 478. The van der Waals surface area contributed by atoms with Gasteiger partial charge in [0.15, 0.2) is 0 Å². The van der Waals surface area contributed by atoms with Gasteiger partial charge in [-0.3, -0.25) is 4.98 Å². The van der Waals surface area contributed by atoms with Crippen LogP contribution in [0, 0.1) is 5.41 Å². The normalized spacial score (nSPS) is 11.7. The lowest BCUT2D eigenvalue weighted by molar-refractivity contribution is 0.443. The Labute approximate surface area is 96.7 Å². The van der Waals surface area contributed by atoms with Crippen molar-refractivity contribution in [1.29, 1.82) is 0 Å². The molecule has 0 saturated heterocycles. The number of anilines is 1. The molecular formula is C14H18N2. The van der Waals surface area contributed by atoms with Crippen molar-refractivity contribution < 1.29 is 0 Å². The molecule has 2 rings (SSSR count). The van der Waals surface area contributed by atoms with E-state index in [4.69, 9.17) is 0 Å². The molecule has 1 N–H and O–H groups in total. The Balaban J connectivity index is 2.30. The number of aromatic nitrogens is 1. The Morgan fingerprint density at radius 1 is 1.12 bits per heavy atom. The Hall–Kier alpha value is -1.57. The molecule has 0 aliphatic heterocycles. The number of nitrogens with zero attached hydrogens (tertiary/aromatic N) is 1. The molecule has 84 valence electrons. The summed E-state index contributed by atoms with van der Waals surface area (Å²) in [6.45, 7) is 7.64. The van der Waals surface area contributed by atoms with Gasteiger partial charge in [0, 0.05) is 23.8 Å². The molecule has 0 spiro atoms. The third-order valence-electron chi connectivity index (χ3n) is 2.45. The second-order valence-electron chi connectivity index (χ2n) is 5.29. The molecule has 2 nitrogen and oxygen atoms in total. The first-order valence-electron chi connectivity index (χ1n) is 5.64. The first kappa shape index (κ1) is 10.9. The highest BCUT2D eigenvalue weighted by atomic mass is 14.9. The molecule has 2 aromatic rings. The zero-order chi connectivity index (χ0) is 11.6. The van der Waals surface area contributed by atoms with Crippen LogP contribution < -0.4 is 5.32 Å². The summed E-state index contributed by atoms with van der Waals surface area (Å²) in [6, 6.07) is 10.3. The lowest BCUT2D eigenvalue weighted by Crippen LogP contribution is -2.19. The van der Waals surface area contributed by atoms with E-state index in [-0.39, 0.29) is 5.41 Å². The van der Waals surface area contributed by atoms with E-state index in [1.807, 2.05) is 24.4 Å². The maximum Gasteiger partial charge on any atom is 0.0722 e. The van der Waals surface area contributed by atoms with Gasteiger partial charge in [-0.15, -0.1) is 0 Å². The average Bonchev–Trinajstić information content (AvgIpc) is 2.25. The quantitative estimate of drug-likeness (QED) is 0.824. The van der Waals surface area contributed by atoms with Gasteiger partial charge in [-0.2, -0.15) is 0 Å². The van der Waals surface area contributed by atoms with Gasteiger partial charge < -0.3 is 5.32 Å².